The van der Waals surface area contributed by atoms with Gasteiger partial charge in [0, 0.05) is 31.6 Å². The second kappa shape index (κ2) is 7.89. The second-order valence-corrected chi connectivity index (χ2v) is 8.29. The summed E-state index contributed by atoms with van der Waals surface area (Å²) < 4.78 is 31.7. The standard InChI is InChI=1S/C23H25FN2O4/c24-20-10-19(25-22(27)28-15-16-4-2-1-3-5-16)6-7-21(20)26-13-17-11-23(12-18(17)14-26)29-8-9-30-23/h1-7,10,17-18H,8-9,11-15H2,(H,25,27). The molecule has 0 aromatic heterocycles. The van der Waals surface area contributed by atoms with E-state index in [1.165, 1.54) is 6.07 Å². The summed E-state index contributed by atoms with van der Waals surface area (Å²) in [4.78, 5) is 14.1. The number of hydrogen-bond acceptors (Lipinski definition) is 5. The molecule has 1 amide bonds. The first kappa shape index (κ1) is 19.3. The lowest BCUT2D eigenvalue weighted by molar-refractivity contribution is -0.154. The molecule has 1 N–H and O–H groups in total. The molecule has 1 saturated carbocycles. The summed E-state index contributed by atoms with van der Waals surface area (Å²) in [6.45, 7) is 3.09. The van der Waals surface area contributed by atoms with Crippen molar-refractivity contribution in [3.8, 4) is 0 Å². The predicted molar refractivity (Wildman–Crippen MR) is 110 cm³/mol. The fraction of sp³-hybridized carbons (Fsp3) is 0.435. The SMILES string of the molecule is O=C(Nc1ccc(N2CC3CC4(CC3C2)OCCO4)c(F)c1)OCc1ccccc1. The van der Waals surface area contributed by atoms with E-state index in [1.807, 2.05) is 30.3 Å². The molecule has 2 unspecified atom stereocenters. The molecule has 2 aromatic rings. The van der Waals surface area contributed by atoms with Crippen LogP contribution in [-0.2, 0) is 20.8 Å². The number of carbonyl (C=O) groups excluding carboxylic acids is 1. The Morgan fingerprint density at radius 1 is 1.10 bits per heavy atom. The van der Waals surface area contributed by atoms with Gasteiger partial charge >= 0.3 is 6.09 Å². The number of carbonyl (C=O) groups is 1. The summed E-state index contributed by atoms with van der Waals surface area (Å²) in [6.07, 6.45) is 1.15. The van der Waals surface area contributed by atoms with Crippen LogP contribution in [0.1, 0.15) is 18.4 Å². The van der Waals surface area contributed by atoms with Crippen LogP contribution in [0.2, 0.25) is 0 Å². The lowest BCUT2D eigenvalue weighted by Gasteiger charge is -2.26. The van der Waals surface area contributed by atoms with E-state index in [0.29, 0.717) is 36.4 Å². The van der Waals surface area contributed by atoms with E-state index in [4.69, 9.17) is 14.2 Å². The smallest absolute Gasteiger partial charge is 0.411 e. The summed E-state index contributed by atoms with van der Waals surface area (Å²) in [6, 6.07) is 14.2. The highest BCUT2D eigenvalue weighted by Crippen LogP contribution is 2.48. The monoisotopic (exact) mass is 412 g/mol. The van der Waals surface area contributed by atoms with Gasteiger partial charge in [-0.2, -0.15) is 0 Å². The summed E-state index contributed by atoms with van der Waals surface area (Å²) >= 11 is 0. The Kier molecular flexibility index (Phi) is 5.08. The minimum Gasteiger partial charge on any atom is -0.444 e. The van der Waals surface area contributed by atoms with Crippen molar-refractivity contribution in [2.45, 2.75) is 25.2 Å². The number of anilines is 2. The van der Waals surface area contributed by atoms with E-state index in [-0.39, 0.29) is 12.4 Å². The van der Waals surface area contributed by atoms with E-state index in [1.54, 1.807) is 12.1 Å². The van der Waals surface area contributed by atoms with Crippen molar-refractivity contribution >= 4 is 17.5 Å². The van der Waals surface area contributed by atoms with Gasteiger partial charge in [0.2, 0.25) is 0 Å². The number of halogens is 1. The second-order valence-electron chi connectivity index (χ2n) is 8.29. The average Bonchev–Trinajstić information content (AvgIpc) is 3.43. The van der Waals surface area contributed by atoms with Gasteiger partial charge in [0.15, 0.2) is 5.79 Å². The van der Waals surface area contributed by atoms with Crippen LogP contribution in [0.25, 0.3) is 0 Å². The van der Waals surface area contributed by atoms with Gasteiger partial charge in [0.25, 0.3) is 0 Å². The van der Waals surface area contributed by atoms with Gasteiger partial charge in [0.05, 0.1) is 18.9 Å². The van der Waals surface area contributed by atoms with Gasteiger partial charge in [0.1, 0.15) is 12.4 Å². The fourth-order valence-corrected chi connectivity index (χ4v) is 4.93. The Balaban J connectivity index is 1.17. The third-order valence-corrected chi connectivity index (χ3v) is 6.28. The van der Waals surface area contributed by atoms with Crippen molar-refractivity contribution in [1.82, 2.24) is 0 Å². The van der Waals surface area contributed by atoms with Crippen LogP contribution < -0.4 is 10.2 Å². The molecule has 3 fully saturated rings. The van der Waals surface area contributed by atoms with E-state index in [0.717, 1.165) is 31.5 Å². The molecule has 2 aliphatic heterocycles. The number of nitrogens with one attached hydrogen (secondary N) is 1. The van der Waals surface area contributed by atoms with E-state index < -0.39 is 11.9 Å². The van der Waals surface area contributed by atoms with Crippen molar-refractivity contribution in [3.05, 3.63) is 59.9 Å². The molecule has 7 heteroatoms. The molecular formula is C23H25FN2O4. The number of nitrogens with zero attached hydrogens (tertiary/aromatic N) is 1. The van der Waals surface area contributed by atoms with E-state index in [9.17, 15) is 9.18 Å². The van der Waals surface area contributed by atoms with Crippen molar-refractivity contribution in [1.29, 1.82) is 0 Å². The highest BCUT2D eigenvalue weighted by atomic mass is 19.1. The molecule has 2 saturated heterocycles. The number of hydrogen-bond donors (Lipinski definition) is 1. The van der Waals surface area contributed by atoms with Crippen LogP contribution in [0.5, 0.6) is 0 Å². The third-order valence-electron chi connectivity index (χ3n) is 6.28. The Morgan fingerprint density at radius 3 is 2.47 bits per heavy atom. The van der Waals surface area contributed by atoms with Crippen molar-refractivity contribution in [3.63, 3.8) is 0 Å². The number of amides is 1. The zero-order chi connectivity index (χ0) is 20.6. The molecule has 2 aromatic carbocycles. The molecule has 0 bridgehead atoms. The maximum Gasteiger partial charge on any atom is 0.411 e. The summed E-state index contributed by atoms with van der Waals surface area (Å²) in [7, 11) is 0. The minimum absolute atomic E-state index is 0.165. The number of ether oxygens (including phenoxy) is 3. The Bertz CT molecular complexity index is 901. The van der Waals surface area contributed by atoms with Crippen LogP contribution in [0, 0.1) is 17.7 Å². The lowest BCUT2D eigenvalue weighted by atomic mass is 10.0. The molecule has 1 aliphatic carbocycles. The molecular weight excluding hydrogens is 387 g/mol. The van der Waals surface area contributed by atoms with Crippen LogP contribution >= 0.6 is 0 Å². The molecule has 3 aliphatic rings. The molecule has 6 nitrogen and oxygen atoms in total. The van der Waals surface area contributed by atoms with Gasteiger partial charge in [-0.1, -0.05) is 30.3 Å². The molecule has 0 radical (unpaired) electrons. The molecule has 158 valence electrons. The Hall–Kier alpha value is -2.64. The van der Waals surface area contributed by atoms with Gasteiger partial charge in [-0.25, -0.2) is 9.18 Å². The first-order valence-electron chi connectivity index (χ1n) is 10.4. The fourth-order valence-electron chi connectivity index (χ4n) is 4.93. The van der Waals surface area contributed by atoms with E-state index >= 15 is 0 Å². The summed E-state index contributed by atoms with van der Waals surface area (Å²) in [5.74, 6) is 0.161. The highest BCUT2D eigenvalue weighted by Gasteiger charge is 2.52. The van der Waals surface area contributed by atoms with E-state index in [2.05, 4.69) is 10.2 Å². The zero-order valence-electron chi connectivity index (χ0n) is 16.7. The van der Waals surface area contributed by atoms with Gasteiger partial charge in [-0.15, -0.1) is 0 Å². The first-order valence-corrected chi connectivity index (χ1v) is 10.4. The predicted octanol–water partition coefficient (Wildman–Crippen LogP) is 4.16. The maximum atomic E-state index is 14.8. The van der Waals surface area contributed by atoms with Crippen LogP contribution in [-0.4, -0.2) is 38.2 Å². The van der Waals surface area contributed by atoms with Crippen LogP contribution in [0.3, 0.4) is 0 Å². The minimum atomic E-state index is -0.608. The summed E-state index contributed by atoms with van der Waals surface area (Å²) in [5.41, 5.74) is 1.83. The van der Waals surface area contributed by atoms with Gasteiger partial charge in [-0.3, -0.25) is 5.32 Å². The topological polar surface area (TPSA) is 60.0 Å². The molecule has 2 atom stereocenters. The Morgan fingerprint density at radius 2 is 1.80 bits per heavy atom. The number of benzene rings is 2. The highest BCUT2D eigenvalue weighted by molar-refractivity contribution is 5.85. The van der Waals surface area contributed by atoms with Gasteiger partial charge < -0.3 is 19.1 Å². The first-order chi connectivity index (χ1) is 14.6. The number of rotatable bonds is 4. The van der Waals surface area contributed by atoms with Gasteiger partial charge in [-0.05, 0) is 35.6 Å². The molecule has 1 spiro atoms. The van der Waals surface area contributed by atoms with Crippen molar-refractivity contribution < 1.29 is 23.4 Å². The largest absolute Gasteiger partial charge is 0.444 e. The summed E-state index contributed by atoms with van der Waals surface area (Å²) in [5, 5.41) is 2.59. The molecule has 2 heterocycles. The van der Waals surface area contributed by atoms with Crippen LogP contribution in [0.4, 0.5) is 20.6 Å². The quantitative estimate of drug-likeness (QED) is 0.817. The maximum absolute atomic E-state index is 14.8. The van der Waals surface area contributed by atoms with Crippen molar-refractivity contribution in [2.75, 3.05) is 36.5 Å². The molecule has 5 rings (SSSR count). The molecule has 30 heavy (non-hydrogen) atoms. The average molecular weight is 412 g/mol. The third kappa shape index (κ3) is 3.87. The zero-order valence-corrected chi connectivity index (χ0v) is 16.7. The lowest BCUT2D eigenvalue weighted by Crippen LogP contribution is -2.31. The Labute approximate surface area is 174 Å². The number of fused-ring (bicyclic) bond motifs is 1. The van der Waals surface area contributed by atoms with Crippen LogP contribution in [0.15, 0.2) is 48.5 Å². The normalized spacial score (nSPS) is 24.2. The van der Waals surface area contributed by atoms with Crippen molar-refractivity contribution in [2.24, 2.45) is 11.8 Å².